The summed E-state index contributed by atoms with van der Waals surface area (Å²) in [5.74, 6) is 0.753. The van der Waals surface area contributed by atoms with Crippen molar-refractivity contribution in [2.75, 3.05) is 6.54 Å². The molecule has 2 aromatic carbocycles. The topological polar surface area (TPSA) is 78.4 Å². The van der Waals surface area contributed by atoms with Crippen LogP contribution in [0.1, 0.15) is 5.56 Å². The van der Waals surface area contributed by atoms with Gasteiger partial charge in [-0.05, 0) is 36.7 Å². The first-order valence-corrected chi connectivity index (χ1v) is 6.80. The first-order valence-electron chi connectivity index (χ1n) is 6.01. The van der Waals surface area contributed by atoms with Gasteiger partial charge in [-0.1, -0.05) is 28.1 Å². The molecule has 2 rings (SSSR count). The Bertz CT molecular complexity index is 614. The zero-order valence-electron chi connectivity index (χ0n) is 10.6. The van der Waals surface area contributed by atoms with E-state index >= 15 is 0 Å². The second kappa shape index (κ2) is 6.49. The molecule has 0 spiro atoms. The van der Waals surface area contributed by atoms with E-state index in [1.165, 1.54) is 6.07 Å². The molecular formula is C14H13BrN2O3. The molecule has 0 heterocycles. The molecule has 6 heteroatoms. The Kier molecular flexibility index (Phi) is 4.70. The van der Waals surface area contributed by atoms with Crippen molar-refractivity contribution in [3.8, 4) is 11.5 Å². The molecule has 0 aliphatic rings. The van der Waals surface area contributed by atoms with Crippen molar-refractivity contribution >= 4 is 21.6 Å². The highest BCUT2D eigenvalue weighted by Crippen LogP contribution is 2.33. The summed E-state index contributed by atoms with van der Waals surface area (Å²) >= 11 is 3.27. The van der Waals surface area contributed by atoms with E-state index in [2.05, 4.69) is 15.9 Å². The molecule has 104 valence electrons. The Balaban J connectivity index is 2.25. The summed E-state index contributed by atoms with van der Waals surface area (Å²) in [5, 5.41) is 11.0. The van der Waals surface area contributed by atoms with Gasteiger partial charge in [-0.25, -0.2) is 0 Å². The fourth-order valence-corrected chi connectivity index (χ4v) is 2.08. The van der Waals surface area contributed by atoms with Crippen LogP contribution in [0.25, 0.3) is 0 Å². The molecule has 20 heavy (non-hydrogen) atoms. The molecule has 0 aliphatic heterocycles. The minimum Gasteiger partial charge on any atom is -0.450 e. The number of rotatable bonds is 5. The van der Waals surface area contributed by atoms with Gasteiger partial charge in [0.2, 0.25) is 5.75 Å². The van der Waals surface area contributed by atoms with Crippen LogP contribution in [0.3, 0.4) is 0 Å². The minimum atomic E-state index is -0.468. The van der Waals surface area contributed by atoms with E-state index in [0.29, 0.717) is 12.3 Å². The number of nitro groups is 1. The number of ether oxygens (including phenoxy) is 1. The summed E-state index contributed by atoms with van der Waals surface area (Å²) < 4.78 is 6.30. The third-order valence-electron chi connectivity index (χ3n) is 2.70. The quantitative estimate of drug-likeness (QED) is 0.667. The van der Waals surface area contributed by atoms with Gasteiger partial charge in [-0.15, -0.1) is 0 Å². The minimum absolute atomic E-state index is 0.0702. The standard InChI is InChI=1S/C14H13BrN2O3/c15-11-3-6-13(17(18)19)14(9-11)20-12-4-1-10(2-5-12)7-8-16/h1-6,9H,7-8,16H2. The maximum absolute atomic E-state index is 11.0. The summed E-state index contributed by atoms with van der Waals surface area (Å²) in [4.78, 5) is 10.5. The molecule has 0 aromatic heterocycles. The van der Waals surface area contributed by atoms with Crippen LogP contribution < -0.4 is 10.5 Å². The molecule has 0 fully saturated rings. The van der Waals surface area contributed by atoms with E-state index in [-0.39, 0.29) is 11.4 Å². The molecule has 0 bridgehead atoms. The van der Waals surface area contributed by atoms with Crippen molar-refractivity contribution in [1.29, 1.82) is 0 Å². The SMILES string of the molecule is NCCc1ccc(Oc2cc(Br)ccc2[N+](=O)[O-])cc1. The van der Waals surface area contributed by atoms with Gasteiger partial charge in [-0.3, -0.25) is 10.1 Å². The fourth-order valence-electron chi connectivity index (χ4n) is 1.74. The predicted octanol–water partition coefficient (Wildman–Crippen LogP) is 3.65. The predicted molar refractivity (Wildman–Crippen MR) is 80.1 cm³/mol. The monoisotopic (exact) mass is 336 g/mol. The van der Waals surface area contributed by atoms with Crippen molar-refractivity contribution in [2.24, 2.45) is 5.73 Å². The normalized spacial score (nSPS) is 10.3. The van der Waals surface area contributed by atoms with Crippen LogP contribution in [0, 0.1) is 10.1 Å². The molecule has 0 saturated carbocycles. The van der Waals surface area contributed by atoms with Gasteiger partial charge in [0.05, 0.1) is 4.92 Å². The number of hydrogen-bond donors (Lipinski definition) is 1. The van der Waals surface area contributed by atoms with Crippen LogP contribution in [0.5, 0.6) is 11.5 Å². The number of hydrogen-bond acceptors (Lipinski definition) is 4. The Hall–Kier alpha value is -1.92. The molecule has 5 nitrogen and oxygen atoms in total. The van der Waals surface area contributed by atoms with Crippen molar-refractivity contribution in [2.45, 2.75) is 6.42 Å². The first-order chi connectivity index (χ1) is 9.60. The van der Waals surface area contributed by atoms with Crippen molar-refractivity contribution < 1.29 is 9.66 Å². The molecular weight excluding hydrogens is 324 g/mol. The lowest BCUT2D eigenvalue weighted by atomic mass is 10.1. The van der Waals surface area contributed by atoms with Crippen LogP contribution in [-0.4, -0.2) is 11.5 Å². The van der Waals surface area contributed by atoms with Crippen LogP contribution in [0.2, 0.25) is 0 Å². The lowest BCUT2D eigenvalue weighted by molar-refractivity contribution is -0.385. The first kappa shape index (κ1) is 14.5. The molecule has 2 aromatic rings. The number of nitrogens with two attached hydrogens (primary N) is 1. The van der Waals surface area contributed by atoms with Gasteiger partial charge in [0.25, 0.3) is 0 Å². The lowest BCUT2D eigenvalue weighted by Crippen LogP contribution is -2.02. The summed E-state index contributed by atoms with van der Waals surface area (Å²) in [5.41, 5.74) is 6.51. The highest BCUT2D eigenvalue weighted by atomic mass is 79.9. The van der Waals surface area contributed by atoms with E-state index in [1.54, 1.807) is 24.3 Å². The maximum atomic E-state index is 11.0. The van der Waals surface area contributed by atoms with Crippen molar-refractivity contribution in [3.63, 3.8) is 0 Å². The Labute approximate surface area is 124 Å². The molecule has 0 amide bonds. The number of benzene rings is 2. The smallest absolute Gasteiger partial charge is 0.311 e. The highest BCUT2D eigenvalue weighted by molar-refractivity contribution is 9.10. The number of nitrogens with zero attached hydrogens (tertiary/aromatic N) is 1. The lowest BCUT2D eigenvalue weighted by Gasteiger charge is -2.07. The van der Waals surface area contributed by atoms with E-state index < -0.39 is 4.92 Å². The molecule has 0 radical (unpaired) electrons. The number of halogens is 1. The van der Waals surface area contributed by atoms with Crippen LogP contribution in [0.4, 0.5) is 5.69 Å². The highest BCUT2D eigenvalue weighted by Gasteiger charge is 2.15. The van der Waals surface area contributed by atoms with Crippen LogP contribution >= 0.6 is 15.9 Å². The molecule has 2 N–H and O–H groups in total. The van der Waals surface area contributed by atoms with E-state index in [0.717, 1.165) is 16.5 Å². The average molecular weight is 337 g/mol. The largest absolute Gasteiger partial charge is 0.450 e. The molecule has 0 unspecified atom stereocenters. The zero-order valence-corrected chi connectivity index (χ0v) is 12.2. The van der Waals surface area contributed by atoms with Gasteiger partial charge in [0, 0.05) is 16.6 Å². The summed E-state index contributed by atoms with van der Waals surface area (Å²) in [7, 11) is 0. The summed E-state index contributed by atoms with van der Waals surface area (Å²) in [6, 6.07) is 11.9. The van der Waals surface area contributed by atoms with E-state index in [1.807, 2.05) is 12.1 Å². The van der Waals surface area contributed by atoms with E-state index in [9.17, 15) is 10.1 Å². The summed E-state index contributed by atoms with van der Waals surface area (Å²) in [6.45, 7) is 0.581. The molecule has 0 atom stereocenters. The van der Waals surface area contributed by atoms with Gasteiger partial charge in [0.1, 0.15) is 5.75 Å². The second-order valence-corrected chi connectivity index (χ2v) is 5.07. The van der Waals surface area contributed by atoms with Gasteiger partial charge in [0.15, 0.2) is 0 Å². The third kappa shape index (κ3) is 3.55. The second-order valence-electron chi connectivity index (χ2n) is 4.15. The Morgan fingerprint density at radius 2 is 1.90 bits per heavy atom. The van der Waals surface area contributed by atoms with Gasteiger partial charge >= 0.3 is 5.69 Å². The Morgan fingerprint density at radius 3 is 2.50 bits per heavy atom. The zero-order chi connectivity index (χ0) is 14.5. The Morgan fingerprint density at radius 1 is 1.20 bits per heavy atom. The fraction of sp³-hybridized carbons (Fsp3) is 0.143. The van der Waals surface area contributed by atoms with E-state index in [4.69, 9.17) is 10.5 Å². The molecule has 0 aliphatic carbocycles. The van der Waals surface area contributed by atoms with Gasteiger partial charge in [-0.2, -0.15) is 0 Å². The van der Waals surface area contributed by atoms with Crippen LogP contribution in [-0.2, 0) is 6.42 Å². The third-order valence-corrected chi connectivity index (χ3v) is 3.20. The maximum Gasteiger partial charge on any atom is 0.311 e. The molecule has 0 saturated heterocycles. The number of nitro benzene ring substituents is 1. The van der Waals surface area contributed by atoms with Crippen LogP contribution in [0.15, 0.2) is 46.9 Å². The van der Waals surface area contributed by atoms with Crippen molar-refractivity contribution in [3.05, 3.63) is 62.6 Å². The van der Waals surface area contributed by atoms with Gasteiger partial charge < -0.3 is 10.5 Å². The average Bonchev–Trinajstić information content (AvgIpc) is 2.41. The van der Waals surface area contributed by atoms with Crippen molar-refractivity contribution in [1.82, 2.24) is 0 Å². The summed E-state index contributed by atoms with van der Waals surface area (Å²) in [6.07, 6.45) is 0.789.